The molecule has 2 aromatic rings. The third-order valence-electron chi connectivity index (χ3n) is 5.41. The minimum absolute atomic E-state index is 0.209. The summed E-state index contributed by atoms with van der Waals surface area (Å²) in [5, 5.41) is 2.61. The van der Waals surface area contributed by atoms with Crippen molar-refractivity contribution in [3.63, 3.8) is 0 Å². The highest BCUT2D eigenvalue weighted by Gasteiger charge is 2.33. The van der Waals surface area contributed by atoms with Gasteiger partial charge < -0.3 is 19.9 Å². The molecule has 1 atom stereocenters. The number of hydrogen-bond acceptors (Lipinski definition) is 6. The first-order chi connectivity index (χ1) is 14.9. The average Bonchev–Trinajstić information content (AvgIpc) is 3.13. The second-order valence-electron chi connectivity index (χ2n) is 7.49. The van der Waals surface area contributed by atoms with Crippen LogP contribution in [-0.2, 0) is 9.53 Å². The summed E-state index contributed by atoms with van der Waals surface area (Å²) in [5.74, 6) is -1.03. The molecule has 1 unspecified atom stereocenters. The number of aromatic nitrogens is 1. The molecule has 31 heavy (non-hydrogen) atoms. The fourth-order valence-electron chi connectivity index (χ4n) is 3.83. The predicted octanol–water partition coefficient (Wildman–Crippen LogP) is 2.15. The van der Waals surface area contributed by atoms with Gasteiger partial charge >= 0.3 is 6.09 Å². The second-order valence-corrected chi connectivity index (χ2v) is 7.49. The van der Waals surface area contributed by atoms with Gasteiger partial charge in [0, 0.05) is 39.3 Å². The summed E-state index contributed by atoms with van der Waals surface area (Å²) in [6, 6.07) is 6.26. The van der Waals surface area contributed by atoms with Gasteiger partial charge in [0.2, 0.25) is 5.91 Å². The van der Waals surface area contributed by atoms with Crippen molar-refractivity contribution in [1.29, 1.82) is 0 Å². The van der Waals surface area contributed by atoms with Crippen LogP contribution in [0.5, 0.6) is 0 Å². The molecule has 2 amide bonds. The Morgan fingerprint density at radius 1 is 1.13 bits per heavy atom. The van der Waals surface area contributed by atoms with Crippen LogP contribution in [0, 0.1) is 11.6 Å². The minimum Gasteiger partial charge on any atom is -0.442 e. The normalized spacial score (nSPS) is 18.9. The van der Waals surface area contributed by atoms with Crippen LogP contribution in [0.3, 0.4) is 0 Å². The summed E-state index contributed by atoms with van der Waals surface area (Å²) in [5.41, 5.74) is 1.32. The molecule has 3 heterocycles. The molecule has 2 saturated heterocycles. The van der Waals surface area contributed by atoms with Crippen molar-refractivity contribution >= 4 is 29.1 Å². The van der Waals surface area contributed by atoms with Crippen molar-refractivity contribution in [2.24, 2.45) is 0 Å². The van der Waals surface area contributed by atoms with E-state index in [4.69, 9.17) is 4.74 Å². The van der Waals surface area contributed by atoms with Crippen molar-refractivity contribution < 1.29 is 23.1 Å². The quantitative estimate of drug-likeness (QED) is 0.782. The van der Waals surface area contributed by atoms with Crippen LogP contribution in [0.4, 0.5) is 30.6 Å². The topological polar surface area (TPSA) is 78.0 Å². The van der Waals surface area contributed by atoms with E-state index in [-0.39, 0.29) is 24.8 Å². The number of rotatable bonds is 5. The van der Waals surface area contributed by atoms with Gasteiger partial charge in [-0.3, -0.25) is 14.7 Å². The monoisotopic (exact) mass is 431 g/mol. The minimum atomic E-state index is -0.574. The maximum absolute atomic E-state index is 14.9. The Bertz CT molecular complexity index is 981. The first kappa shape index (κ1) is 20.8. The molecule has 0 bridgehead atoms. The molecule has 164 valence electrons. The van der Waals surface area contributed by atoms with Crippen molar-refractivity contribution in [2.75, 3.05) is 54.0 Å². The molecule has 0 saturated carbocycles. The number of halogens is 2. The van der Waals surface area contributed by atoms with Gasteiger partial charge in [-0.2, -0.15) is 0 Å². The zero-order valence-corrected chi connectivity index (χ0v) is 17.1. The molecule has 4 rings (SSSR count). The molecule has 2 fully saturated rings. The Morgan fingerprint density at radius 3 is 2.42 bits per heavy atom. The lowest BCUT2D eigenvalue weighted by molar-refractivity contribution is -0.119. The number of anilines is 3. The van der Waals surface area contributed by atoms with Gasteiger partial charge in [-0.15, -0.1) is 0 Å². The van der Waals surface area contributed by atoms with Crippen molar-refractivity contribution in [3.8, 4) is 0 Å². The van der Waals surface area contributed by atoms with Crippen LogP contribution >= 0.6 is 0 Å². The molecule has 0 aliphatic carbocycles. The number of hydrogen-bond donors (Lipinski definition) is 1. The maximum atomic E-state index is 14.9. The van der Waals surface area contributed by atoms with Gasteiger partial charge in [0.05, 0.1) is 36.3 Å². The molecule has 0 radical (unpaired) electrons. The van der Waals surface area contributed by atoms with Crippen molar-refractivity contribution in [3.05, 3.63) is 48.3 Å². The molecule has 1 aromatic heterocycles. The summed E-state index contributed by atoms with van der Waals surface area (Å²) in [6.45, 7) is 3.98. The van der Waals surface area contributed by atoms with E-state index in [0.29, 0.717) is 43.2 Å². The molecule has 1 N–H and O–H groups in total. The van der Waals surface area contributed by atoms with Crippen LogP contribution < -0.4 is 20.0 Å². The molecule has 1 aromatic carbocycles. The highest BCUT2D eigenvalue weighted by Crippen LogP contribution is 2.29. The number of ether oxygens (including phenoxy) is 1. The summed E-state index contributed by atoms with van der Waals surface area (Å²) < 4.78 is 34.1. The lowest BCUT2D eigenvalue weighted by Crippen LogP contribution is -2.47. The summed E-state index contributed by atoms with van der Waals surface area (Å²) >= 11 is 0. The Labute approximate surface area is 178 Å². The molecular weight excluding hydrogens is 408 g/mol. The number of nitrogens with one attached hydrogen (secondary N) is 1. The third-order valence-corrected chi connectivity index (χ3v) is 5.41. The fourth-order valence-corrected chi connectivity index (χ4v) is 3.83. The Morgan fingerprint density at radius 2 is 1.81 bits per heavy atom. The van der Waals surface area contributed by atoms with Gasteiger partial charge in [0.25, 0.3) is 0 Å². The molecular formula is C21H23F2N5O3. The zero-order chi connectivity index (χ0) is 22.0. The van der Waals surface area contributed by atoms with Crippen molar-refractivity contribution in [2.45, 2.75) is 13.0 Å². The number of nitrogens with zero attached hydrogens (tertiary/aromatic N) is 4. The lowest BCUT2D eigenvalue weighted by Gasteiger charge is -2.37. The molecule has 2 aliphatic rings. The zero-order valence-electron chi connectivity index (χ0n) is 17.1. The summed E-state index contributed by atoms with van der Waals surface area (Å²) in [7, 11) is 0. The predicted molar refractivity (Wildman–Crippen MR) is 111 cm³/mol. The number of piperazine rings is 1. The summed E-state index contributed by atoms with van der Waals surface area (Å²) in [4.78, 5) is 32.1. The number of pyridine rings is 1. The molecule has 10 heteroatoms. The largest absolute Gasteiger partial charge is 0.442 e. The van der Waals surface area contributed by atoms with Gasteiger partial charge in [0.15, 0.2) is 5.82 Å². The standard InChI is InChI=1S/C21H23F2N5O3/c1-14(29)25-11-16-13-28(21(30)31-16)15-2-3-19(17(22)10-15)26-6-8-27(9-7-26)20-4-5-24-12-18(20)23/h2-5,10,12,16H,6-9,11,13H2,1H3,(H,25,29). The number of benzene rings is 1. The highest BCUT2D eigenvalue weighted by molar-refractivity contribution is 5.90. The first-order valence-electron chi connectivity index (χ1n) is 10.0. The van der Waals surface area contributed by atoms with E-state index in [1.165, 1.54) is 24.1 Å². The molecule has 8 nitrogen and oxygen atoms in total. The third kappa shape index (κ3) is 4.52. The Kier molecular flexibility index (Phi) is 5.88. The SMILES string of the molecule is CC(=O)NCC1CN(c2ccc(N3CCN(c4ccncc4F)CC3)c(F)c2)C(=O)O1. The Hall–Kier alpha value is -3.43. The van der Waals surface area contributed by atoms with Gasteiger partial charge in [-0.05, 0) is 24.3 Å². The van der Waals surface area contributed by atoms with Gasteiger partial charge in [-0.1, -0.05) is 0 Å². The average molecular weight is 431 g/mol. The van der Waals surface area contributed by atoms with Gasteiger partial charge in [-0.25, -0.2) is 13.6 Å². The van der Waals surface area contributed by atoms with Crippen LogP contribution in [0.1, 0.15) is 6.92 Å². The van der Waals surface area contributed by atoms with E-state index in [2.05, 4.69) is 10.3 Å². The maximum Gasteiger partial charge on any atom is 0.414 e. The van der Waals surface area contributed by atoms with Crippen LogP contribution in [-0.4, -0.2) is 62.4 Å². The van der Waals surface area contributed by atoms with E-state index < -0.39 is 18.0 Å². The second kappa shape index (κ2) is 8.75. The number of amides is 2. The molecule has 0 spiro atoms. The van der Waals surface area contributed by atoms with E-state index in [1.54, 1.807) is 24.4 Å². The first-order valence-corrected chi connectivity index (χ1v) is 10.0. The number of carbonyl (C=O) groups is 2. The smallest absolute Gasteiger partial charge is 0.414 e. The number of cyclic esters (lactones) is 1. The van der Waals surface area contributed by atoms with E-state index >= 15 is 0 Å². The Balaban J connectivity index is 1.40. The van der Waals surface area contributed by atoms with E-state index in [0.717, 1.165) is 0 Å². The van der Waals surface area contributed by atoms with Crippen LogP contribution in [0.25, 0.3) is 0 Å². The lowest BCUT2D eigenvalue weighted by atomic mass is 10.2. The van der Waals surface area contributed by atoms with Gasteiger partial charge in [0.1, 0.15) is 11.9 Å². The molecule has 2 aliphatic heterocycles. The number of carbonyl (C=O) groups excluding carboxylic acids is 2. The van der Waals surface area contributed by atoms with E-state index in [1.807, 2.05) is 9.80 Å². The summed E-state index contributed by atoms with van der Waals surface area (Å²) in [6.07, 6.45) is 1.67. The fraction of sp³-hybridized carbons (Fsp3) is 0.381. The van der Waals surface area contributed by atoms with Crippen molar-refractivity contribution in [1.82, 2.24) is 10.3 Å². The van der Waals surface area contributed by atoms with Crippen LogP contribution in [0.15, 0.2) is 36.7 Å². The van der Waals surface area contributed by atoms with Crippen LogP contribution in [0.2, 0.25) is 0 Å². The van der Waals surface area contributed by atoms with E-state index in [9.17, 15) is 18.4 Å². The highest BCUT2D eigenvalue weighted by atomic mass is 19.1.